The Bertz CT molecular complexity index is 170. The second-order valence-corrected chi connectivity index (χ2v) is 8.64. The maximum absolute atomic E-state index is 10.1. The lowest BCUT2D eigenvalue weighted by molar-refractivity contribution is 0.301. The molecule has 0 aliphatic heterocycles. The molecular formula is C10H19O2Si. The molecule has 0 saturated carbocycles. The molecule has 0 spiro atoms. The van der Waals surface area contributed by atoms with E-state index < -0.39 is 8.32 Å². The van der Waals surface area contributed by atoms with Crippen molar-refractivity contribution < 1.29 is 9.22 Å². The van der Waals surface area contributed by atoms with Crippen molar-refractivity contribution >= 4 is 14.6 Å². The van der Waals surface area contributed by atoms with Crippen molar-refractivity contribution in [2.45, 2.75) is 38.9 Å². The van der Waals surface area contributed by atoms with Crippen LogP contribution in [-0.4, -0.2) is 21.2 Å². The summed E-state index contributed by atoms with van der Waals surface area (Å²) in [5.74, 6) is 0. The molecule has 0 N–H and O–H groups in total. The van der Waals surface area contributed by atoms with E-state index in [2.05, 4.69) is 26.2 Å². The van der Waals surface area contributed by atoms with Crippen LogP contribution in [0.5, 0.6) is 0 Å². The molecule has 1 radical (unpaired) electrons. The largest absolute Gasteiger partial charge is 0.418 e. The lowest BCUT2D eigenvalue weighted by Gasteiger charge is -2.16. The molecule has 0 aromatic heterocycles. The van der Waals surface area contributed by atoms with Gasteiger partial charge in [-0.3, -0.25) is 4.79 Å². The van der Waals surface area contributed by atoms with Gasteiger partial charge >= 0.3 is 0 Å². The zero-order valence-electron chi connectivity index (χ0n) is 8.85. The predicted molar refractivity (Wildman–Crippen MR) is 58.0 cm³/mol. The number of allylic oxidation sites excluding steroid dienone is 1. The highest BCUT2D eigenvalue weighted by Crippen LogP contribution is 2.07. The molecule has 0 unspecified atom stereocenters. The Morgan fingerprint density at radius 1 is 1.38 bits per heavy atom. The maximum atomic E-state index is 10.1. The smallest absolute Gasteiger partial charge is 0.228 e. The van der Waals surface area contributed by atoms with Gasteiger partial charge in [-0.1, -0.05) is 6.58 Å². The zero-order valence-corrected chi connectivity index (χ0v) is 9.85. The van der Waals surface area contributed by atoms with Crippen LogP contribution in [0.3, 0.4) is 0 Å². The van der Waals surface area contributed by atoms with Crippen molar-refractivity contribution in [3.8, 4) is 0 Å². The van der Waals surface area contributed by atoms with E-state index in [0.717, 1.165) is 25.9 Å². The van der Waals surface area contributed by atoms with E-state index in [1.165, 1.54) is 0 Å². The Balaban J connectivity index is 3.27. The van der Waals surface area contributed by atoms with E-state index >= 15 is 0 Å². The van der Waals surface area contributed by atoms with Gasteiger partial charge in [-0.15, -0.1) is 0 Å². The van der Waals surface area contributed by atoms with Gasteiger partial charge in [0.25, 0.3) is 0 Å². The minimum Gasteiger partial charge on any atom is -0.418 e. The van der Waals surface area contributed by atoms with Crippen LogP contribution in [0.4, 0.5) is 0 Å². The van der Waals surface area contributed by atoms with Crippen molar-refractivity contribution in [1.82, 2.24) is 0 Å². The molecule has 75 valence electrons. The van der Waals surface area contributed by atoms with Gasteiger partial charge < -0.3 is 4.43 Å². The first kappa shape index (κ1) is 12.6. The number of hydrogen-bond acceptors (Lipinski definition) is 2. The topological polar surface area (TPSA) is 26.3 Å². The monoisotopic (exact) mass is 199 g/mol. The van der Waals surface area contributed by atoms with Gasteiger partial charge in [0.1, 0.15) is 0 Å². The third-order valence-corrected chi connectivity index (χ3v) is 2.62. The van der Waals surface area contributed by atoms with Gasteiger partial charge in [0.15, 0.2) is 8.32 Å². The SMILES string of the molecule is C=C([C]=O)CCCCO[Si](C)(C)C. The third kappa shape index (κ3) is 9.50. The Morgan fingerprint density at radius 2 is 2.00 bits per heavy atom. The molecule has 0 aliphatic carbocycles. The summed E-state index contributed by atoms with van der Waals surface area (Å²) in [6.45, 7) is 10.9. The van der Waals surface area contributed by atoms with Gasteiger partial charge in [-0.05, 0) is 44.5 Å². The summed E-state index contributed by atoms with van der Waals surface area (Å²) in [6.07, 6.45) is 4.52. The first-order chi connectivity index (χ1) is 5.95. The van der Waals surface area contributed by atoms with Gasteiger partial charge in [0.2, 0.25) is 6.29 Å². The lowest BCUT2D eigenvalue weighted by Crippen LogP contribution is -2.25. The van der Waals surface area contributed by atoms with Crippen LogP contribution < -0.4 is 0 Å². The van der Waals surface area contributed by atoms with Crippen molar-refractivity contribution in [3.05, 3.63) is 12.2 Å². The molecule has 0 aromatic rings. The van der Waals surface area contributed by atoms with E-state index in [0.29, 0.717) is 5.57 Å². The molecule has 0 heterocycles. The van der Waals surface area contributed by atoms with Gasteiger partial charge in [-0.25, -0.2) is 0 Å². The standard InChI is InChI=1S/C10H19O2Si/c1-10(9-11)7-5-6-8-12-13(2,3)4/h1,5-8H2,2-4H3. The lowest BCUT2D eigenvalue weighted by atomic mass is 10.1. The van der Waals surface area contributed by atoms with Crippen molar-refractivity contribution in [3.63, 3.8) is 0 Å². The van der Waals surface area contributed by atoms with Crippen LogP contribution in [0.25, 0.3) is 0 Å². The molecular weight excluding hydrogens is 180 g/mol. The number of hydrogen-bond donors (Lipinski definition) is 0. The number of carbonyl (C=O) groups excluding carboxylic acids is 1. The summed E-state index contributed by atoms with van der Waals surface area (Å²) in [7, 11) is -1.34. The fourth-order valence-corrected chi connectivity index (χ4v) is 1.63. The van der Waals surface area contributed by atoms with Crippen molar-refractivity contribution in [2.24, 2.45) is 0 Å². The quantitative estimate of drug-likeness (QED) is 0.358. The fourth-order valence-electron chi connectivity index (χ4n) is 0.870. The van der Waals surface area contributed by atoms with E-state index in [4.69, 9.17) is 4.43 Å². The van der Waals surface area contributed by atoms with Gasteiger partial charge in [-0.2, -0.15) is 0 Å². The molecule has 0 bridgehead atoms. The average molecular weight is 199 g/mol. The highest BCUT2D eigenvalue weighted by molar-refractivity contribution is 6.69. The van der Waals surface area contributed by atoms with Crippen molar-refractivity contribution in [2.75, 3.05) is 6.61 Å². The molecule has 0 saturated heterocycles. The highest BCUT2D eigenvalue weighted by Gasteiger charge is 2.12. The molecule has 0 amide bonds. The fraction of sp³-hybridized carbons (Fsp3) is 0.700. The first-order valence-corrected chi connectivity index (χ1v) is 8.06. The van der Waals surface area contributed by atoms with E-state index in [9.17, 15) is 4.79 Å². The van der Waals surface area contributed by atoms with Gasteiger partial charge in [0, 0.05) is 6.61 Å². The van der Waals surface area contributed by atoms with E-state index in [1.807, 2.05) is 0 Å². The molecule has 3 heteroatoms. The molecule has 13 heavy (non-hydrogen) atoms. The molecule has 0 aliphatic rings. The van der Waals surface area contributed by atoms with Crippen LogP contribution in [0.2, 0.25) is 19.6 Å². The molecule has 0 rings (SSSR count). The Morgan fingerprint density at radius 3 is 2.46 bits per heavy atom. The summed E-state index contributed by atoms with van der Waals surface area (Å²) in [5, 5.41) is 0. The van der Waals surface area contributed by atoms with Crippen LogP contribution in [0.15, 0.2) is 12.2 Å². The summed E-state index contributed by atoms with van der Waals surface area (Å²) in [4.78, 5) is 10.1. The van der Waals surface area contributed by atoms with Crippen LogP contribution in [-0.2, 0) is 9.22 Å². The Kier molecular flexibility index (Phi) is 5.91. The molecule has 0 fully saturated rings. The summed E-state index contributed by atoms with van der Waals surface area (Å²) < 4.78 is 5.66. The molecule has 2 nitrogen and oxygen atoms in total. The van der Waals surface area contributed by atoms with Gasteiger partial charge in [0.05, 0.1) is 0 Å². The minimum absolute atomic E-state index is 0.563. The van der Waals surface area contributed by atoms with Crippen molar-refractivity contribution in [1.29, 1.82) is 0 Å². The van der Waals surface area contributed by atoms with Crippen LogP contribution >= 0.6 is 0 Å². The minimum atomic E-state index is -1.34. The summed E-state index contributed by atoms with van der Waals surface area (Å²) in [5.41, 5.74) is 0.563. The van der Waals surface area contributed by atoms with Crippen LogP contribution in [0.1, 0.15) is 19.3 Å². The van der Waals surface area contributed by atoms with E-state index in [1.54, 1.807) is 6.29 Å². The van der Waals surface area contributed by atoms with E-state index in [-0.39, 0.29) is 0 Å². The number of rotatable bonds is 7. The predicted octanol–water partition coefficient (Wildman–Crippen LogP) is 2.67. The number of unbranched alkanes of at least 4 members (excludes halogenated alkanes) is 1. The Hall–Kier alpha value is -0.413. The first-order valence-electron chi connectivity index (χ1n) is 4.65. The summed E-state index contributed by atoms with van der Waals surface area (Å²) >= 11 is 0. The second-order valence-electron chi connectivity index (χ2n) is 4.12. The Labute approximate surface area is 82.1 Å². The van der Waals surface area contributed by atoms with Crippen LogP contribution in [0, 0.1) is 0 Å². The highest BCUT2D eigenvalue weighted by atomic mass is 28.4. The maximum Gasteiger partial charge on any atom is 0.228 e. The normalized spacial score (nSPS) is 11.3. The zero-order chi connectivity index (χ0) is 10.3. The summed E-state index contributed by atoms with van der Waals surface area (Å²) in [6, 6.07) is 0. The third-order valence-electron chi connectivity index (χ3n) is 1.55. The molecule has 0 atom stereocenters. The average Bonchev–Trinajstić information content (AvgIpc) is 2.01. The molecule has 0 aromatic carbocycles. The second kappa shape index (κ2) is 6.10.